The molecule has 2 amide bonds. The standard InChI is InChI=1S/C23H25F3N2O2/c1-4-28(22(30)14-11-17-9-12-18(13-10-17)16(2)3)15-21(29)27-20-8-6-5-7-19(20)23(24,25)26/h5-14,16H,4,15H2,1-3H3,(H,27,29)/b14-11+. The number of benzene rings is 2. The highest BCUT2D eigenvalue weighted by Gasteiger charge is 2.33. The molecular weight excluding hydrogens is 393 g/mol. The number of alkyl halides is 3. The molecule has 0 spiro atoms. The van der Waals surface area contributed by atoms with Gasteiger partial charge in [-0.25, -0.2) is 0 Å². The Hall–Kier alpha value is -3.09. The first-order valence-corrected chi connectivity index (χ1v) is 9.64. The Morgan fingerprint density at radius 1 is 1.07 bits per heavy atom. The lowest BCUT2D eigenvalue weighted by atomic mass is 10.0. The van der Waals surface area contributed by atoms with Crippen LogP contribution in [0.4, 0.5) is 18.9 Å². The second-order valence-corrected chi connectivity index (χ2v) is 7.10. The fourth-order valence-electron chi connectivity index (χ4n) is 2.81. The van der Waals surface area contributed by atoms with Crippen LogP contribution >= 0.6 is 0 Å². The third-order valence-electron chi connectivity index (χ3n) is 4.56. The number of likely N-dealkylation sites (N-methyl/N-ethyl adjacent to an activating group) is 1. The summed E-state index contributed by atoms with van der Waals surface area (Å²) in [5, 5.41) is 2.25. The summed E-state index contributed by atoms with van der Waals surface area (Å²) in [4.78, 5) is 25.9. The molecule has 30 heavy (non-hydrogen) atoms. The third kappa shape index (κ3) is 6.47. The molecule has 0 atom stereocenters. The van der Waals surface area contributed by atoms with Gasteiger partial charge in [-0.3, -0.25) is 9.59 Å². The van der Waals surface area contributed by atoms with Gasteiger partial charge in [-0.1, -0.05) is 50.2 Å². The van der Waals surface area contributed by atoms with Crippen molar-refractivity contribution in [3.63, 3.8) is 0 Å². The minimum absolute atomic E-state index is 0.240. The summed E-state index contributed by atoms with van der Waals surface area (Å²) in [5.41, 5.74) is 0.758. The van der Waals surface area contributed by atoms with Gasteiger partial charge in [-0.2, -0.15) is 13.2 Å². The van der Waals surface area contributed by atoms with Gasteiger partial charge < -0.3 is 10.2 Å². The van der Waals surface area contributed by atoms with Gasteiger partial charge in [0.05, 0.1) is 11.3 Å². The van der Waals surface area contributed by atoms with Crippen molar-refractivity contribution in [3.8, 4) is 0 Å². The van der Waals surface area contributed by atoms with Gasteiger partial charge in [0, 0.05) is 12.6 Å². The number of rotatable bonds is 7. The SMILES string of the molecule is CCN(CC(=O)Nc1ccccc1C(F)(F)F)C(=O)/C=C/c1ccc(C(C)C)cc1. The van der Waals surface area contributed by atoms with Crippen molar-refractivity contribution < 1.29 is 22.8 Å². The van der Waals surface area contributed by atoms with Crippen LogP contribution in [0.1, 0.15) is 43.4 Å². The number of halogens is 3. The number of para-hydroxylation sites is 1. The number of hydrogen-bond acceptors (Lipinski definition) is 2. The second kappa shape index (κ2) is 10.1. The number of carbonyl (C=O) groups excluding carboxylic acids is 2. The van der Waals surface area contributed by atoms with E-state index in [0.29, 0.717) is 5.92 Å². The molecule has 7 heteroatoms. The van der Waals surface area contributed by atoms with Crippen LogP contribution in [-0.2, 0) is 15.8 Å². The van der Waals surface area contributed by atoms with Crippen molar-refractivity contribution in [3.05, 3.63) is 71.3 Å². The van der Waals surface area contributed by atoms with E-state index in [1.165, 1.54) is 34.7 Å². The van der Waals surface area contributed by atoms with E-state index in [0.717, 1.165) is 11.6 Å². The lowest BCUT2D eigenvalue weighted by Gasteiger charge is -2.19. The molecule has 0 aliphatic carbocycles. The highest BCUT2D eigenvalue weighted by atomic mass is 19.4. The summed E-state index contributed by atoms with van der Waals surface area (Å²) < 4.78 is 39.2. The van der Waals surface area contributed by atoms with Crippen LogP contribution in [-0.4, -0.2) is 29.8 Å². The highest BCUT2D eigenvalue weighted by molar-refractivity contribution is 5.98. The van der Waals surface area contributed by atoms with Gasteiger partial charge in [0.15, 0.2) is 0 Å². The van der Waals surface area contributed by atoms with E-state index in [1.807, 2.05) is 24.3 Å². The van der Waals surface area contributed by atoms with Crippen LogP contribution in [0.15, 0.2) is 54.6 Å². The molecule has 0 heterocycles. The Balaban J connectivity index is 2.02. The van der Waals surface area contributed by atoms with Crippen molar-refractivity contribution in [2.45, 2.75) is 32.9 Å². The average molecular weight is 418 g/mol. The van der Waals surface area contributed by atoms with Crippen molar-refractivity contribution in [1.82, 2.24) is 4.90 Å². The first kappa shape index (κ1) is 23.2. The Morgan fingerprint density at radius 2 is 1.70 bits per heavy atom. The molecule has 0 unspecified atom stereocenters. The molecule has 1 N–H and O–H groups in total. The van der Waals surface area contributed by atoms with Gasteiger partial charge in [-0.15, -0.1) is 0 Å². The van der Waals surface area contributed by atoms with E-state index in [1.54, 1.807) is 13.0 Å². The number of anilines is 1. The quantitative estimate of drug-likeness (QED) is 0.618. The van der Waals surface area contributed by atoms with Gasteiger partial charge in [0.1, 0.15) is 6.54 Å². The lowest BCUT2D eigenvalue weighted by Crippen LogP contribution is -2.37. The van der Waals surface area contributed by atoms with E-state index in [2.05, 4.69) is 19.2 Å². The van der Waals surface area contributed by atoms with Crippen molar-refractivity contribution in [2.75, 3.05) is 18.4 Å². The van der Waals surface area contributed by atoms with Crippen LogP contribution in [0.2, 0.25) is 0 Å². The first-order chi connectivity index (χ1) is 14.1. The molecule has 0 saturated carbocycles. The van der Waals surface area contributed by atoms with Crippen LogP contribution in [0, 0.1) is 0 Å². The summed E-state index contributed by atoms with van der Waals surface area (Å²) in [6, 6.07) is 12.5. The summed E-state index contributed by atoms with van der Waals surface area (Å²) in [7, 11) is 0. The molecule has 2 aromatic rings. The maximum atomic E-state index is 13.1. The zero-order valence-electron chi connectivity index (χ0n) is 17.2. The Kier molecular flexibility index (Phi) is 7.80. The Morgan fingerprint density at radius 3 is 2.27 bits per heavy atom. The number of hydrogen-bond donors (Lipinski definition) is 1. The van der Waals surface area contributed by atoms with Crippen LogP contribution in [0.5, 0.6) is 0 Å². The van der Waals surface area contributed by atoms with Gasteiger partial charge >= 0.3 is 6.18 Å². The third-order valence-corrected chi connectivity index (χ3v) is 4.56. The minimum atomic E-state index is -4.59. The molecule has 2 rings (SSSR count). The number of carbonyl (C=O) groups is 2. The predicted octanol–water partition coefficient (Wildman–Crippen LogP) is 5.33. The van der Waals surface area contributed by atoms with E-state index in [9.17, 15) is 22.8 Å². The van der Waals surface area contributed by atoms with E-state index in [4.69, 9.17) is 0 Å². The second-order valence-electron chi connectivity index (χ2n) is 7.10. The number of nitrogens with one attached hydrogen (secondary N) is 1. The average Bonchev–Trinajstić information content (AvgIpc) is 2.70. The molecule has 0 radical (unpaired) electrons. The zero-order chi connectivity index (χ0) is 22.3. The van der Waals surface area contributed by atoms with Crippen LogP contribution < -0.4 is 5.32 Å². The molecule has 0 aliphatic rings. The largest absolute Gasteiger partial charge is 0.418 e. The van der Waals surface area contributed by atoms with E-state index in [-0.39, 0.29) is 18.8 Å². The minimum Gasteiger partial charge on any atom is -0.330 e. The topological polar surface area (TPSA) is 49.4 Å². The van der Waals surface area contributed by atoms with Gasteiger partial charge in [0.25, 0.3) is 0 Å². The highest BCUT2D eigenvalue weighted by Crippen LogP contribution is 2.34. The van der Waals surface area contributed by atoms with E-state index >= 15 is 0 Å². The van der Waals surface area contributed by atoms with Gasteiger partial charge in [0.2, 0.25) is 11.8 Å². The molecule has 160 valence electrons. The van der Waals surface area contributed by atoms with Gasteiger partial charge in [-0.05, 0) is 42.2 Å². The number of nitrogens with zero attached hydrogens (tertiary/aromatic N) is 1. The monoisotopic (exact) mass is 418 g/mol. The van der Waals surface area contributed by atoms with Crippen molar-refractivity contribution >= 4 is 23.6 Å². The maximum absolute atomic E-state index is 13.1. The normalized spacial score (nSPS) is 11.7. The molecule has 4 nitrogen and oxygen atoms in total. The molecule has 0 aromatic heterocycles. The Labute approximate surface area is 174 Å². The number of amides is 2. The fraction of sp³-hybridized carbons (Fsp3) is 0.304. The lowest BCUT2D eigenvalue weighted by molar-refractivity contribution is -0.137. The van der Waals surface area contributed by atoms with Crippen molar-refractivity contribution in [1.29, 1.82) is 0 Å². The molecular formula is C23H25F3N2O2. The zero-order valence-corrected chi connectivity index (χ0v) is 17.2. The molecule has 0 aliphatic heterocycles. The first-order valence-electron chi connectivity index (χ1n) is 9.64. The fourth-order valence-corrected chi connectivity index (χ4v) is 2.81. The molecule has 0 bridgehead atoms. The Bertz CT molecular complexity index is 903. The molecule has 0 fully saturated rings. The summed E-state index contributed by atoms with van der Waals surface area (Å²) in [6.45, 7) is 5.76. The van der Waals surface area contributed by atoms with E-state index < -0.39 is 23.6 Å². The van der Waals surface area contributed by atoms with Crippen molar-refractivity contribution in [2.24, 2.45) is 0 Å². The predicted molar refractivity (Wildman–Crippen MR) is 112 cm³/mol. The molecule has 0 saturated heterocycles. The summed E-state index contributed by atoms with van der Waals surface area (Å²) in [5.74, 6) is -0.692. The maximum Gasteiger partial charge on any atom is 0.418 e. The van der Waals surface area contributed by atoms with Crippen LogP contribution in [0.25, 0.3) is 6.08 Å². The van der Waals surface area contributed by atoms with Crippen LogP contribution in [0.3, 0.4) is 0 Å². The summed E-state index contributed by atoms with van der Waals surface area (Å²) in [6.07, 6.45) is -1.59. The summed E-state index contributed by atoms with van der Waals surface area (Å²) >= 11 is 0. The molecule has 2 aromatic carbocycles. The smallest absolute Gasteiger partial charge is 0.330 e.